The van der Waals surface area contributed by atoms with E-state index >= 15 is 0 Å². The molecule has 144 valence electrons. The summed E-state index contributed by atoms with van der Waals surface area (Å²) in [6.45, 7) is 14.5. The van der Waals surface area contributed by atoms with Gasteiger partial charge in [0.05, 0.1) is 0 Å². The smallest absolute Gasteiger partial charge is 0.200 e. The van der Waals surface area contributed by atoms with Gasteiger partial charge in [0.2, 0.25) is 0 Å². The summed E-state index contributed by atoms with van der Waals surface area (Å²) in [5.41, 5.74) is 2.68. The molecule has 0 unspecified atom stereocenters. The van der Waals surface area contributed by atoms with Crippen LogP contribution in [0.4, 0.5) is 4.39 Å². The molecule has 2 aromatic rings. The molecule has 0 aliphatic carbocycles. The predicted molar refractivity (Wildman–Crippen MR) is 111 cm³/mol. The van der Waals surface area contributed by atoms with Crippen molar-refractivity contribution in [1.29, 1.82) is 0 Å². The minimum atomic E-state index is -1.85. The molecular formula is C22H33FO2Si. The molecule has 1 N–H and O–H groups in total. The molecule has 0 aliphatic rings. The topological polar surface area (TPSA) is 29.5 Å². The summed E-state index contributed by atoms with van der Waals surface area (Å²) < 4.78 is 20.6. The molecule has 2 rings (SSSR count). The summed E-state index contributed by atoms with van der Waals surface area (Å²) in [5, 5.41) is 11.3. The van der Waals surface area contributed by atoms with Crippen LogP contribution >= 0.6 is 0 Å². The van der Waals surface area contributed by atoms with E-state index in [0.29, 0.717) is 34.0 Å². The van der Waals surface area contributed by atoms with Crippen molar-refractivity contribution in [2.75, 3.05) is 6.61 Å². The van der Waals surface area contributed by atoms with E-state index in [-0.39, 0.29) is 11.6 Å². The van der Waals surface area contributed by atoms with Crippen LogP contribution in [0.25, 0.3) is 10.8 Å². The highest BCUT2D eigenvalue weighted by atomic mass is 28.4. The Labute approximate surface area is 158 Å². The van der Waals surface area contributed by atoms with Crippen LogP contribution in [0.2, 0.25) is 16.6 Å². The number of hydrogen-bond donors (Lipinski definition) is 1. The lowest BCUT2D eigenvalue weighted by Crippen LogP contribution is -2.48. The Balaban J connectivity index is 2.13. The lowest BCUT2D eigenvalue weighted by atomic mass is 10.00. The quantitative estimate of drug-likeness (QED) is 0.405. The normalized spacial score (nSPS) is 12.7. The van der Waals surface area contributed by atoms with Crippen LogP contribution in [0, 0.1) is 5.82 Å². The monoisotopic (exact) mass is 376 g/mol. The van der Waals surface area contributed by atoms with E-state index in [1.54, 1.807) is 6.07 Å². The Kier molecular flexibility index (Phi) is 6.86. The predicted octanol–water partition coefficient (Wildman–Crippen LogP) is 6.81. The largest absolute Gasteiger partial charge is 0.507 e. The average molecular weight is 377 g/mol. The zero-order valence-electron chi connectivity index (χ0n) is 17.0. The first-order valence-electron chi connectivity index (χ1n) is 9.74. The number of hydrogen-bond acceptors (Lipinski definition) is 2. The van der Waals surface area contributed by atoms with Crippen molar-refractivity contribution in [1.82, 2.24) is 0 Å². The third-order valence-electron chi connectivity index (χ3n) is 5.70. The Morgan fingerprint density at radius 3 is 2.15 bits per heavy atom. The SMILES string of the molecule is CC(C)[Si](OCCCc1cccc2c(F)ccc(O)c12)(C(C)C)C(C)C. The van der Waals surface area contributed by atoms with Gasteiger partial charge in [-0.1, -0.05) is 59.7 Å². The van der Waals surface area contributed by atoms with Crippen LogP contribution in [0.1, 0.15) is 53.5 Å². The van der Waals surface area contributed by atoms with Gasteiger partial charge in [-0.15, -0.1) is 0 Å². The minimum Gasteiger partial charge on any atom is -0.507 e. The molecule has 0 aliphatic heterocycles. The first-order chi connectivity index (χ1) is 12.2. The van der Waals surface area contributed by atoms with Gasteiger partial charge in [-0.2, -0.15) is 0 Å². The number of rotatable bonds is 8. The Bertz CT molecular complexity index is 718. The summed E-state index contributed by atoms with van der Waals surface area (Å²) in [6, 6.07) is 8.30. The van der Waals surface area contributed by atoms with Gasteiger partial charge < -0.3 is 9.53 Å². The molecule has 0 fully saturated rings. The van der Waals surface area contributed by atoms with E-state index in [1.165, 1.54) is 12.1 Å². The van der Waals surface area contributed by atoms with E-state index in [2.05, 4.69) is 41.5 Å². The second-order valence-corrected chi connectivity index (χ2v) is 13.6. The zero-order valence-corrected chi connectivity index (χ0v) is 18.0. The molecule has 0 atom stereocenters. The summed E-state index contributed by atoms with van der Waals surface area (Å²) in [4.78, 5) is 0. The van der Waals surface area contributed by atoms with Gasteiger partial charge in [0.1, 0.15) is 11.6 Å². The summed E-state index contributed by atoms with van der Waals surface area (Å²) in [5.74, 6) is -0.144. The van der Waals surface area contributed by atoms with Gasteiger partial charge in [0.15, 0.2) is 8.32 Å². The molecule has 4 heteroatoms. The van der Waals surface area contributed by atoms with Crippen LogP contribution in [-0.4, -0.2) is 20.0 Å². The number of phenolic OH excluding ortho intramolecular Hbond substituents is 1. The van der Waals surface area contributed by atoms with Crippen LogP contribution < -0.4 is 0 Å². The molecule has 0 saturated carbocycles. The van der Waals surface area contributed by atoms with Crippen molar-refractivity contribution in [3.8, 4) is 5.75 Å². The highest BCUT2D eigenvalue weighted by Gasteiger charge is 2.44. The minimum absolute atomic E-state index is 0.146. The maximum Gasteiger partial charge on any atom is 0.200 e. The van der Waals surface area contributed by atoms with Crippen molar-refractivity contribution in [2.45, 2.75) is 71.0 Å². The molecule has 26 heavy (non-hydrogen) atoms. The Hall–Kier alpha value is -1.39. The van der Waals surface area contributed by atoms with Crippen LogP contribution in [-0.2, 0) is 10.8 Å². The summed E-state index contributed by atoms with van der Waals surface area (Å²) >= 11 is 0. The Morgan fingerprint density at radius 2 is 1.58 bits per heavy atom. The highest BCUT2D eigenvalue weighted by Crippen LogP contribution is 2.42. The van der Waals surface area contributed by atoms with E-state index in [1.807, 2.05) is 12.1 Å². The molecule has 2 nitrogen and oxygen atoms in total. The third-order valence-corrected chi connectivity index (χ3v) is 11.8. The molecule has 0 spiro atoms. The molecule has 0 amide bonds. The standard InChI is InChI=1S/C22H33FO2Si/c1-15(2)26(16(3)4,17(5)6)25-14-8-10-18-9-7-11-19-20(23)12-13-21(24)22(18)19/h7,9,11-13,15-17,24H,8,10,14H2,1-6H3. The lowest BCUT2D eigenvalue weighted by Gasteiger charge is -2.42. The second-order valence-electron chi connectivity index (χ2n) is 8.18. The van der Waals surface area contributed by atoms with Crippen molar-refractivity contribution < 1.29 is 13.9 Å². The second kappa shape index (κ2) is 8.53. The number of fused-ring (bicyclic) bond motifs is 1. The van der Waals surface area contributed by atoms with Gasteiger partial charge in [0.25, 0.3) is 0 Å². The lowest BCUT2D eigenvalue weighted by molar-refractivity contribution is 0.272. The maximum absolute atomic E-state index is 14.0. The number of aryl methyl sites for hydroxylation is 1. The van der Waals surface area contributed by atoms with E-state index in [0.717, 1.165) is 18.4 Å². The fourth-order valence-electron chi connectivity index (χ4n) is 4.65. The van der Waals surface area contributed by atoms with E-state index in [9.17, 15) is 9.50 Å². The molecule has 0 heterocycles. The Morgan fingerprint density at radius 1 is 0.962 bits per heavy atom. The van der Waals surface area contributed by atoms with Crippen molar-refractivity contribution >= 4 is 19.1 Å². The molecule has 0 bridgehead atoms. The first kappa shape index (κ1) is 20.9. The van der Waals surface area contributed by atoms with Crippen LogP contribution in [0.15, 0.2) is 30.3 Å². The van der Waals surface area contributed by atoms with Gasteiger partial charge in [-0.05, 0) is 47.2 Å². The fourth-order valence-corrected chi connectivity index (χ4v) is 10.1. The number of aromatic hydroxyl groups is 1. The molecule has 2 aromatic carbocycles. The summed E-state index contributed by atoms with van der Waals surface area (Å²) in [7, 11) is -1.85. The van der Waals surface area contributed by atoms with E-state index < -0.39 is 8.32 Å². The number of benzene rings is 2. The molecule has 0 radical (unpaired) electrons. The van der Waals surface area contributed by atoms with Gasteiger partial charge >= 0.3 is 0 Å². The average Bonchev–Trinajstić information content (AvgIpc) is 2.57. The van der Waals surface area contributed by atoms with E-state index in [4.69, 9.17) is 4.43 Å². The van der Waals surface area contributed by atoms with Crippen molar-refractivity contribution in [3.05, 3.63) is 41.7 Å². The van der Waals surface area contributed by atoms with Crippen LogP contribution in [0.3, 0.4) is 0 Å². The summed E-state index contributed by atoms with van der Waals surface area (Å²) in [6.07, 6.45) is 1.64. The molecule has 0 saturated heterocycles. The first-order valence-corrected chi connectivity index (χ1v) is 11.9. The van der Waals surface area contributed by atoms with Gasteiger partial charge in [-0.25, -0.2) is 4.39 Å². The zero-order chi connectivity index (χ0) is 19.5. The van der Waals surface area contributed by atoms with Gasteiger partial charge in [0, 0.05) is 17.4 Å². The third kappa shape index (κ3) is 3.96. The fraction of sp³-hybridized carbons (Fsp3) is 0.545. The maximum atomic E-state index is 14.0. The van der Waals surface area contributed by atoms with Crippen molar-refractivity contribution in [2.24, 2.45) is 0 Å². The van der Waals surface area contributed by atoms with Crippen molar-refractivity contribution in [3.63, 3.8) is 0 Å². The molecule has 0 aromatic heterocycles. The number of halogens is 1. The van der Waals surface area contributed by atoms with Crippen LogP contribution in [0.5, 0.6) is 5.75 Å². The molecular weight excluding hydrogens is 343 g/mol. The van der Waals surface area contributed by atoms with Gasteiger partial charge in [-0.3, -0.25) is 0 Å². The number of phenols is 1. The highest BCUT2D eigenvalue weighted by molar-refractivity contribution is 6.77.